The molecule has 4 aromatic rings. The molecule has 0 radical (unpaired) electrons. The van der Waals surface area contributed by atoms with Crippen LogP contribution in [0.5, 0.6) is 0 Å². The van der Waals surface area contributed by atoms with Crippen molar-refractivity contribution in [3.05, 3.63) is 77.7 Å². The maximum atomic E-state index is 13.4. The van der Waals surface area contributed by atoms with Gasteiger partial charge >= 0.3 is 0 Å². The number of hydrogen-bond donors (Lipinski definition) is 0. The maximum Gasteiger partial charge on any atom is 0.239 e. The molecule has 30 heavy (non-hydrogen) atoms. The second-order valence-corrected chi connectivity index (χ2v) is 8.25. The van der Waals surface area contributed by atoms with Crippen molar-refractivity contribution >= 4 is 11.8 Å². The topological polar surface area (TPSA) is 69.6 Å². The Morgan fingerprint density at radius 1 is 1.07 bits per heavy atom. The van der Waals surface area contributed by atoms with Crippen LogP contribution in [0.3, 0.4) is 0 Å². The molecule has 154 valence electrons. The second-order valence-electron chi connectivity index (χ2n) is 6.94. The summed E-state index contributed by atoms with van der Waals surface area (Å²) in [7, 11) is 0. The Morgan fingerprint density at radius 2 is 1.83 bits per heavy atom. The standard InChI is InChI=1S/C22H22FN5OS/c1-3-7-19-24-21(29-27-19)15(2)30-22-26-25-20(17-10-12-18(23)13-11-17)28(22)14-16-8-5-4-6-9-16/h4-6,8-13,15H,3,7,14H2,1-2H3. The van der Waals surface area contributed by atoms with E-state index in [2.05, 4.69) is 39.4 Å². The van der Waals surface area contributed by atoms with Gasteiger partial charge in [-0.1, -0.05) is 54.2 Å². The molecule has 0 fully saturated rings. The molecule has 4 rings (SSSR count). The molecule has 2 aromatic carbocycles. The largest absolute Gasteiger partial charge is 0.338 e. The van der Waals surface area contributed by atoms with E-state index in [1.54, 1.807) is 12.1 Å². The zero-order chi connectivity index (χ0) is 20.9. The maximum absolute atomic E-state index is 13.4. The van der Waals surface area contributed by atoms with Gasteiger partial charge in [-0.2, -0.15) is 4.98 Å². The van der Waals surface area contributed by atoms with Crippen LogP contribution >= 0.6 is 11.8 Å². The van der Waals surface area contributed by atoms with E-state index in [1.165, 1.54) is 23.9 Å². The first-order valence-corrected chi connectivity index (χ1v) is 10.7. The van der Waals surface area contributed by atoms with E-state index in [0.29, 0.717) is 18.3 Å². The van der Waals surface area contributed by atoms with Gasteiger partial charge in [-0.15, -0.1) is 10.2 Å². The molecule has 0 saturated heterocycles. The van der Waals surface area contributed by atoms with Gasteiger partial charge in [0.15, 0.2) is 16.8 Å². The molecular formula is C22H22FN5OS. The molecule has 6 nitrogen and oxygen atoms in total. The highest BCUT2D eigenvalue weighted by atomic mass is 32.2. The van der Waals surface area contributed by atoms with Crippen molar-refractivity contribution in [2.45, 2.75) is 43.6 Å². The van der Waals surface area contributed by atoms with Gasteiger partial charge < -0.3 is 4.52 Å². The van der Waals surface area contributed by atoms with Crippen LogP contribution in [-0.4, -0.2) is 24.9 Å². The number of aryl methyl sites for hydroxylation is 1. The predicted octanol–water partition coefficient (Wildman–Crippen LogP) is 5.32. The van der Waals surface area contributed by atoms with Gasteiger partial charge in [0.2, 0.25) is 5.89 Å². The van der Waals surface area contributed by atoms with E-state index < -0.39 is 0 Å². The Balaban J connectivity index is 1.65. The summed E-state index contributed by atoms with van der Waals surface area (Å²) >= 11 is 1.51. The molecule has 1 unspecified atom stereocenters. The number of rotatable bonds is 8. The number of hydrogen-bond acceptors (Lipinski definition) is 6. The Kier molecular flexibility index (Phi) is 6.23. The first-order chi connectivity index (χ1) is 14.6. The SMILES string of the molecule is CCCc1noc(C(C)Sc2nnc(-c3ccc(F)cc3)n2Cc2ccccc2)n1. The van der Waals surface area contributed by atoms with Crippen molar-refractivity contribution in [2.75, 3.05) is 0 Å². The van der Waals surface area contributed by atoms with Gasteiger partial charge in [-0.3, -0.25) is 4.57 Å². The van der Waals surface area contributed by atoms with E-state index in [1.807, 2.05) is 29.7 Å². The Hall–Kier alpha value is -3.00. The van der Waals surface area contributed by atoms with Crippen LogP contribution in [-0.2, 0) is 13.0 Å². The van der Waals surface area contributed by atoms with Crippen LogP contribution in [0, 0.1) is 5.82 Å². The summed E-state index contributed by atoms with van der Waals surface area (Å²) in [5.41, 5.74) is 1.93. The minimum Gasteiger partial charge on any atom is -0.338 e. The lowest BCUT2D eigenvalue weighted by atomic mass is 10.2. The normalized spacial score (nSPS) is 12.2. The summed E-state index contributed by atoms with van der Waals surface area (Å²) in [5, 5.41) is 13.5. The number of halogens is 1. The fraction of sp³-hybridized carbons (Fsp3) is 0.273. The van der Waals surface area contributed by atoms with Gasteiger partial charge in [0.1, 0.15) is 5.82 Å². The first kappa shape index (κ1) is 20.3. The van der Waals surface area contributed by atoms with Crippen LogP contribution in [0.25, 0.3) is 11.4 Å². The van der Waals surface area contributed by atoms with E-state index in [-0.39, 0.29) is 11.1 Å². The van der Waals surface area contributed by atoms with Gasteiger partial charge in [-0.25, -0.2) is 4.39 Å². The third kappa shape index (κ3) is 4.59. The number of benzene rings is 2. The minimum atomic E-state index is -0.282. The molecule has 1 atom stereocenters. The van der Waals surface area contributed by atoms with E-state index >= 15 is 0 Å². The molecule has 0 N–H and O–H groups in total. The molecule has 0 saturated carbocycles. The van der Waals surface area contributed by atoms with E-state index in [0.717, 1.165) is 34.9 Å². The smallest absolute Gasteiger partial charge is 0.239 e. The quantitative estimate of drug-likeness (QED) is 0.357. The first-order valence-electron chi connectivity index (χ1n) is 9.86. The summed E-state index contributed by atoms with van der Waals surface area (Å²) in [6.45, 7) is 4.69. The number of thioether (sulfide) groups is 1. The fourth-order valence-electron chi connectivity index (χ4n) is 3.06. The van der Waals surface area contributed by atoms with Crippen LogP contribution in [0.1, 0.15) is 42.8 Å². The van der Waals surface area contributed by atoms with Crippen molar-refractivity contribution in [1.29, 1.82) is 0 Å². The molecule has 0 amide bonds. The molecule has 0 aliphatic rings. The summed E-state index contributed by atoms with van der Waals surface area (Å²) < 4.78 is 20.9. The van der Waals surface area contributed by atoms with E-state index in [4.69, 9.17) is 4.52 Å². The monoisotopic (exact) mass is 423 g/mol. The summed E-state index contributed by atoms with van der Waals surface area (Å²) in [6, 6.07) is 16.4. The van der Waals surface area contributed by atoms with Gasteiger partial charge in [0.05, 0.1) is 11.8 Å². The molecule has 0 aliphatic carbocycles. The molecule has 8 heteroatoms. The molecule has 0 spiro atoms. The van der Waals surface area contributed by atoms with Gasteiger partial charge in [0, 0.05) is 12.0 Å². The fourth-order valence-corrected chi connectivity index (χ4v) is 3.94. The molecule has 0 bridgehead atoms. The highest BCUT2D eigenvalue weighted by molar-refractivity contribution is 7.99. The van der Waals surface area contributed by atoms with E-state index in [9.17, 15) is 4.39 Å². The molecule has 2 heterocycles. The van der Waals surface area contributed by atoms with Crippen LogP contribution in [0.4, 0.5) is 4.39 Å². The molecule has 0 aliphatic heterocycles. The van der Waals surface area contributed by atoms with Crippen molar-refractivity contribution in [3.63, 3.8) is 0 Å². The predicted molar refractivity (Wildman–Crippen MR) is 114 cm³/mol. The average Bonchev–Trinajstić information content (AvgIpc) is 3.38. The molecular weight excluding hydrogens is 401 g/mol. The van der Waals surface area contributed by atoms with Crippen molar-refractivity contribution in [1.82, 2.24) is 24.9 Å². The second kappa shape index (κ2) is 9.21. The van der Waals surface area contributed by atoms with Crippen molar-refractivity contribution in [3.8, 4) is 11.4 Å². The third-order valence-corrected chi connectivity index (χ3v) is 5.66. The zero-order valence-corrected chi connectivity index (χ0v) is 17.6. The van der Waals surface area contributed by atoms with Crippen LogP contribution in [0.2, 0.25) is 0 Å². The number of aromatic nitrogens is 5. The highest BCUT2D eigenvalue weighted by Gasteiger charge is 2.21. The summed E-state index contributed by atoms with van der Waals surface area (Å²) in [6.07, 6.45) is 1.76. The van der Waals surface area contributed by atoms with Gasteiger partial charge in [0.25, 0.3) is 0 Å². The molecule has 2 aromatic heterocycles. The lowest BCUT2D eigenvalue weighted by Gasteiger charge is -2.12. The summed E-state index contributed by atoms with van der Waals surface area (Å²) in [4.78, 5) is 4.49. The Labute approximate surface area is 178 Å². The average molecular weight is 424 g/mol. The lowest BCUT2D eigenvalue weighted by molar-refractivity contribution is 0.374. The van der Waals surface area contributed by atoms with Crippen molar-refractivity contribution < 1.29 is 8.91 Å². The summed E-state index contributed by atoms with van der Waals surface area (Å²) in [5.74, 6) is 1.69. The highest BCUT2D eigenvalue weighted by Crippen LogP contribution is 2.35. The van der Waals surface area contributed by atoms with Crippen molar-refractivity contribution in [2.24, 2.45) is 0 Å². The lowest BCUT2D eigenvalue weighted by Crippen LogP contribution is -2.05. The Morgan fingerprint density at radius 3 is 2.57 bits per heavy atom. The third-order valence-electron chi connectivity index (χ3n) is 4.59. The minimum absolute atomic E-state index is 0.0807. The number of nitrogens with zero attached hydrogens (tertiary/aromatic N) is 5. The van der Waals surface area contributed by atoms with Crippen LogP contribution in [0.15, 0.2) is 64.3 Å². The van der Waals surface area contributed by atoms with Crippen LogP contribution < -0.4 is 0 Å². The van der Waals surface area contributed by atoms with Gasteiger partial charge in [-0.05, 0) is 43.2 Å². The Bertz CT molecular complexity index is 1090. The zero-order valence-electron chi connectivity index (χ0n) is 16.8.